The minimum atomic E-state index is 0.0714. The Morgan fingerprint density at radius 2 is 2.00 bits per heavy atom. The Morgan fingerprint density at radius 3 is 2.55 bits per heavy atom. The fourth-order valence-corrected chi connectivity index (χ4v) is 5.57. The summed E-state index contributed by atoms with van der Waals surface area (Å²) in [7, 11) is 1.86. The summed E-state index contributed by atoms with van der Waals surface area (Å²) in [5.74, 6) is 2.73. The maximum Gasteiger partial charge on any atom is 0.240 e. The Labute approximate surface area is 131 Å². The van der Waals surface area contributed by atoms with Gasteiger partial charge in [-0.15, -0.1) is 0 Å². The summed E-state index contributed by atoms with van der Waals surface area (Å²) >= 11 is 0. The van der Waals surface area contributed by atoms with Crippen LogP contribution >= 0.6 is 0 Å². The normalized spacial score (nSPS) is 36.1. The molecule has 4 fully saturated rings. The smallest absolute Gasteiger partial charge is 0.240 e. The molecule has 22 heavy (non-hydrogen) atoms. The minimum Gasteiger partial charge on any atom is -0.275 e. The van der Waals surface area contributed by atoms with Gasteiger partial charge in [-0.25, -0.2) is 5.43 Å². The van der Waals surface area contributed by atoms with Crippen molar-refractivity contribution in [1.29, 1.82) is 0 Å². The Hall–Kier alpha value is -1.65. The minimum absolute atomic E-state index is 0.0714. The van der Waals surface area contributed by atoms with Crippen LogP contribution in [-0.4, -0.2) is 21.9 Å². The molecule has 1 aromatic rings. The zero-order chi connectivity index (χ0) is 15.2. The monoisotopic (exact) mass is 300 g/mol. The summed E-state index contributed by atoms with van der Waals surface area (Å²) in [6.45, 7) is 0. The zero-order valence-electron chi connectivity index (χ0n) is 13.2. The Bertz CT molecular complexity index is 568. The molecule has 0 atom stereocenters. The van der Waals surface area contributed by atoms with Crippen LogP contribution in [0.3, 0.4) is 0 Å². The van der Waals surface area contributed by atoms with Gasteiger partial charge in [-0.1, -0.05) is 0 Å². The molecule has 4 aliphatic carbocycles. The van der Waals surface area contributed by atoms with Crippen LogP contribution in [0.15, 0.2) is 17.5 Å². The number of nitrogens with zero attached hydrogens (tertiary/aromatic N) is 3. The van der Waals surface area contributed by atoms with E-state index in [-0.39, 0.29) is 11.3 Å². The molecule has 4 bridgehead atoms. The van der Waals surface area contributed by atoms with Crippen molar-refractivity contribution in [2.24, 2.45) is 35.3 Å². The molecule has 5 nitrogen and oxygen atoms in total. The first-order chi connectivity index (χ1) is 10.6. The standard InChI is InChI=1S/C17H24N4O/c1-21-11-15(10-19-21)9-18-20-16(22)8-17-5-12-2-13(6-17)4-14(3-12)7-17/h9-14H,2-8H2,1H3,(H,20,22). The number of aryl methyl sites for hydroxylation is 1. The summed E-state index contributed by atoms with van der Waals surface area (Å²) in [4.78, 5) is 12.3. The van der Waals surface area contributed by atoms with Crippen molar-refractivity contribution in [3.8, 4) is 0 Å². The first-order valence-electron chi connectivity index (χ1n) is 8.41. The van der Waals surface area contributed by atoms with Crippen molar-refractivity contribution in [3.63, 3.8) is 0 Å². The summed E-state index contributed by atoms with van der Waals surface area (Å²) in [6, 6.07) is 0. The summed E-state index contributed by atoms with van der Waals surface area (Å²) < 4.78 is 1.72. The molecule has 1 heterocycles. The lowest BCUT2D eigenvalue weighted by atomic mass is 9.49. The van der Waals surface area contributed by atoms with Crippen molar-refractivity contribution in [2.75, 3.05) is 0 Å². The van der Waals surface area contributed by atoms with Gasteiger partial charge < -0.3 is 0 Å². The van der Waals surface area contributed by atoms with E-state index in [1.54, 1.807) is 17.1 Å². The molecular weight excluding hydrogens is 276 g/mol. The molecule has 0 saturated heterocycles. The van der Waals surface area contributed by atoms with Gasteiger partial charge in [0.1, 0.15) is 0 Å². The van der Waals surface area contributed by atoms with Crippen molar-refractivity contribution < 1.29 is 4.79 Å². The number of hydrogen-bond acceptors (Lipinski definition) is 3. The highest BCUT2D eigenvalue weighted by Crippen LogP contribution is 2.61. The van der Waals surface area contributed by atoms with Crippen LogP contribution < -0.4 is 5.43 Å². The van der Waals surface area contributed by atoms with Gasteiger partial charge in [0.05, 0.1) is 12.4 Å². The van der Waals surface area contributed by atoms with E-state index in [2.05, 4.69) is 15.6 Å². The van der Waals surface area contributed by atoms with Crippen molar-refractivity contribution in [1.82, 2.24) is 15.2 Å². The van der Waals surface area contributed by atoms with Crippen LogP contribution in [0.5, 0.6) is 0 Å². The number of carbonyl (C=O) groups is 1. The lowest BCUT2D eigenvalue weighted by molar-refractivity contribution is -0.129. The average Bonchev–Trinajstić information content (AvgIpc) is 2.82. The molecule has 0 aromatic carbocycles. The van der Waals surface area contributed by atoms with E-state index in [0.717, 1.165) is 23.3 Å². The molecule has 0 unspecified atom stereocenters. The number of hydrazone groups is 1. The Balaban J connectivity index is 1.35. The lowest BCUT2D eigenvalue weighted by Gasteiger charge is -2.56. The number of amides is 1. The van der Waals surface area contributed by atoms with E-state index >= 15 is 0 Å². The van der Waals surface area contributed by atoms with Crippen LogP contribution in [-0.2, 0) is 11.8 Å². The topological polar surface area (TPSA) is 59.3 Å². The van der Waals surface area contributed by atoms with Gasteiger partial charge in [0.15, 0.2) is 0 Å². The maximum atomic E-state index is 12.3. The highest BCUT2D eigenvalue weighted by Gasteiger charge is 2.51. The van der Waals surface area contributed by atoms with Crippen LogP contribution in [0.1, 0.15) is 50.5 Å². The van der Waals surface area contributed by atoms with E-state index in [1.165, 1.54) is 38.5 Å². The number of nitrogens with one attached hydrogen (secondary N) is 1. The fraction of sp³-hybridized carbons (Fsp3) is 0.706. The number of aromatic nitrogens is 2. The SMILES string of the molecule is Cn1cc(C=NNC(=O)CC23CC4CC(CC(C4)C2)C3)cn1. The Morgan fingerprint density at radius 1 is 1.36 bits per heavy atom. The maximum absolute atomic E-state index is 12.3. The largest absolute Gasteiger partial charge is 0.275 e. The molecule has 0 radical (unpaired) electrons. The number of rotatable bonds is 4. The molecule has 5 rings (SSSR count). The molecule has 1 amide bonds. The highest BCUT2D eigenvalue weighted by atomic mass is 16.2. The average molecular weight is 300 g/mol. The van der Waals surface area contributed by atoms with Crippen LogP contribution in [0.4, 0.5) is 0 Å². The van der Waals surface area contributed by atoms with Gasteiger partial charge >= 0.3 is 0 Å². The molecule has 0 spiro atoms. The second-order valence-electron chi connectivity index (χ2n) is 7.83. The van der Waals surface area contributed by atoms with E-state index in [0.29, 0.717) is 6.42 Å². The van der Waals surface area contributed by atoms with E-state index in [4.69, 9.17) is 0 Å². The van der Waals surface area contributed by atoms with Crippen molar-refractivity contribution in [3.05, 3.63) is 18.0 Å². The molecule has 1 aromatic heterocycles. The molecule has 4 saturated carbocycles. The summed E-state index contributed by atoms with van der Waals surface area (Å²) in [5, 5.41) is 8.15. The van der Waals surface area contributed by atoms with E-state index in [9.17, 15) is 4.79 Å². The fourth-order valence-electron chi connectivity index (χ4n) is 5.57. The van der Waals surface area contributed by atoms with Crippen LogP contribution in [0, 0.1) is 23.2 Å². The predicted octanol–water partition coefficient (Wildman–Crippen LogP) is 2.48. The third-order valence-electron chi connectivity index (χ3n) is 5.83. The lowest BCUT2D eigenvalue weighted by Crippen LogP contribution is -2.47. The third kappa shape index (κ3) is 2.69. The number of hydrogen-bond donors (Lipinski definition) is 1. The van der Waals surface area contributed by atoms with Crippen molar-refractivity contribution >= 4 is 12.1 Å². The molecule has 1 N–H and O–H groups in total. The Kier molecular flexibility index (Phi) is 3.31. The first-order valence-corrected chi connectivity index (χ1v) is 8.41. The molecule has 4 aliphatic rings. The predicted molar refractivity (Wildman–Crippen MR) is 84.2 cm³/mol. The highest BCUT2D eigenvalue weighted by molar-refractivity contribution is 5.82. The van der Waals surface area contributed by atoms with Gasteiger partial charge in [-0.3, -0.25) is 9.48 Å². The second kappa shape index (κ2) is 5.21. The zero-order valence-corrected chi connectivity index (χ0v) is 13.2. The van der Waals surface area contributed by atoms with Gasteiger partial charge in [0.25, 0.3) is 0 Å². The van der Waals surface area contributed by atoms with Gasteiger partial charge in [-0.05, 0) is 61.7 Å². The van der Waals surface area contributed by atoms with Gasteiger partial charge in [-0.2, -0.15) is 10.2 Å². The van der Waals surface area contributed by atoms with Gasteiger partial charge in [0, 0.05) is 25.2 Å². The molecular formula is C17H24N4O. The first kappa shape index (κ1) is 14.0. The quantitative estimate of drug-likeness (QED) is 0.686. The van der Waals surface area contributed by atoms with Crippen LogP contribution in [0.2, 0.25) is 0 Å². The van der Waals surface area contributed by atoms with Crippen molar-refractivity contribution in [2.45, 2.75) is 44.9 Å². The van der Waals surface area contributed by atoms with Crippen LogP contribution in [0.25, 0.3) is 0 Å². The number of carbonyl (C=O) groups excluding carboxylic acids is 1. The molecule has 5 heteroatoms. The second-order valence-corrected chi connectivity index (χ2v) is 7.83. The summed E-state index contributed by atoms with van der Waals surface area (Å²) in [5.41, 5.74) is 3.89. The summed E-state index contributed by atoms with van der Waals surface area (Å²) in [6.07, 6.45) is 13.9. The molecule has 0 aliphatic heterocycles. The van der Waals surface area contributed by atoms with Gasteiger partial charge in [0.2, 0.25) is 5.91 Å². The third-order valence-corrected chi connectivity index (χ3v) is 5.83. The molecule has 118 valence electrons. The van der Waals surface area contributed by atoms with E-state index in [1.807, 2.05) is 13.2 Å². The van der Waals surface area contributed by atoms with E-state index < -0.39 is 0 Å².